The molecule has 0 unspecified atom stereocenters. The number of benzene rings is 1. The van der Waals surface area contributed by atoms with Crippen LogP contribution < -0.4 is 10.1 Å². The van der Waals surface area contributed by atoms with E-state index in [-0.39, 0.29) is 10.8 Å². The lowest BCUT2D eigenvalue weighted by atomic mass is 10.2. The molecule has 0 spiro atoms. The molecule has 1 aromatic rings. The Morgan fingerprint density at radius 3 is 2.54 bits per heavy atom. The van der Waals surface area contributed by atoms with Crippen LogP contribution in [0.5, 0.6) is 5.75 Å². The van der Waals surface area contributed by atoms with Crippen LogP contribution in [-0.4, -0.2) is 38.3 Å². The fraction of sp³-hybridized carbons (Fsp3) is 0.588. The van der Waals surface area contributed by atoms with Gasteiger partial charge in [0.2, 0.25) is 15.9 Å². The SMILES string of the molecule is CCCC(=O)Nc1cc(S(=O)(=O)N2CCCCC2)ccc1OCC. The van der Waals surface area contributed by atoms with Crippen molar-refractivity contribution in [2.45, 2.75) is 50.8 Å². The predicted octanol–water partition coefficient (Wildman–Crippen LogP) is 3.00. The molecule has 1 amide bonds. The van der Waals surface area contributed by atoms with E-state index in [4.69, 9.17) is 4.74 Å². The van der Waals surface area contributed by atoms with Crippen LogP contribution in [-0.2, 0) is 14.8 Å². The largest absolute Gasteiger partial charge is 0.492 e. The molecule has 1 heterocycles. The van der Waals surface area contributed by atoms with Crippen LogP contribution in [0.25, 0.3) is 0 Å². The van der Waals surface area contributed by atoms with Crippen molar-refractivity contribution in [3.05, 3.63) is 18.2 Å². The molecule has 0 saturated carbocycles. The van der Waals surface area contributed by atoms with Crippen molar-refractivity contribution in [2.24, 2.45) is 0 Å². The first-order chi connectivity index (χ1) is 11.5. The number of hydrogen-bond donors (Lipinski definition) is 1. The first-order valence-corrected chi connectivity index (χ1v) is 10.00. The summed E-state index contributed by atoms with van der Waals surface area (Å²) in [5.41, 5.74) is 0.411. The van der Waals surface area contributed by atoms with Gasteiger partial charge in [-0.15, -0.1) is 0 Å². The zero-order chi connectivity index (χ0) is 17.6. The van der Waals surface area contributed by atoms with Gasteiger partial charge in [0, 0.05) is 19.5 Å². The first-order valence-electron chi connectivity index (χ1n) is 8.56. The van der Waals surface area contributed by atoms with Crippen LogP contribution in [0.4, 0.5) is 5.69 Å². The number of rotatable bonds is 7. The summed E-state index contributed by atoms with van der Waals surface area (Å²) in [6, 6.07) is 4.66. The number of amides is 1. The third-order valence-corrected chi connectivity index (χ3v) is 5.85. The highest BCUT2D eigenvalue weighted by Crippen LogP contribution is 2.30. The molecule has 0 aliphatic carbocycles. The summed E-state index contributed by atoms with van der Waals surface area (Å²) >= 11 is 0. The van der Waals surface area contributed by atoms with Crippen molar-refractivity contribution < 1.29 is 17.9 Å². The van der Waals surface area contributed by atoms with Gasteiger partial charge >= 0.3 is 0 Å². The Balaban J connectivity index is 2.31. The molecule has 0 radical (unpaired) electrons. The van der Waals surface area contributed by atoms with E-state index in [0.717, 1.165) is 25.7 Å². The Kier molecular flexibility index (Phi) is 6.62. The fourth-order valence-corrected chi connectivity index (χ4v) is 4.29. The van der Waals surface area contributed by atoms with Gasteiger partial charge in [0.25, 0.3) is 0 Å². The third-order valence-electron chi connectivity index (χ3n) is 3.95. The van der Waals surface area contributed by atoms with Crippen LogP contribution in [0.2, 0.25) is 0 Å². The summed E-state index contributed by atoms with van der Waals surface area (Å²) in [6.07, 6.45) is 3.94. The van der Waals surface area contributed by atoms with Gasteiger partial charge in [-0.1, -0.05) is 13.3 Å². The Bertz CT molecular complexity index is 667. The van der Waals surface area contributed by atoms with E-state index in [1.807, 2.05) is 13.8 Å². The number of nitrogens with zero attached hydrogens (tertiary/aromatic N) is 1. The van der Waals surface area contributed by atoms with Gasteiger partial charge in [0.1, 0.15) is 5.75 Å². The summed E-state index contributed by atoms with van der Waals surface area (Å²) in [5, 5.41) is 2.76. The molecule has 0 aromatic heterocycles. The Morgan fingerprint density at radius 2 is 1.92 bits per heavy atom. The number of sulfonamides is 1. The van der Waals surface area contributed by atoms with E-state index in [0.29, 0.717) is 37.6 Å². The van der Waals surface area contributed by atoms with Gasteiger partial charge < -0.3 is 10.1 Å². The van der Waals surface area contributed by atoms with E-state index in [1.54, 1.807) is 12.1 Å². The van der Waals surface area contributed by atoms with Gasteiger partial charge in [-0.25, -0.2) is 8.42 Å². The maximum Gasteiger partial charge on any atom is 0.243 e. The molecule has 1 aliphatic rings. The number of nitrogens with one attached hydrogen (secondary N) is 1. The lowest BCUT2D eigenvalue weighted by Gasteiger charge is -2.26. The normalized spacial score (nSPS) is 15.9. The standard InChI is InChI=1S/C17H26N2O4S/c1-3-8-17(20)18-15-13-14(9-10-16(15)23-4-2)24(21,22)19-11-6-5-7-12-19/h9-10,13H,3-8,11-12H2,1-2H3,(H,18,20). The predicted molar refractivity (Wildman–Crippen MR) is 93.8 cm³/mol. The Hall–Kier alpha value is -1.60. The van der Waals surface area contributed by atoms with E-state index < -0.39 is 10.0 Å². The lowest BCUT2D eigenvalue weighted by Crippen LogP contribution is -2.35. The zero-order valence-corrected chi connectivity index (χ0v) is 15.2. The zero-order valence-electron chi connectivity index (χ0n) is 14.4. The molecule has 134 valence electrons. The van der Waals surface area contributed by atoms with Gasteiger partial charge in [-0.2, -0.15) is 4.31 Å². The molecule has 1 saturated heterocycles. The van der Waals surface area contributed by atoms with Gasteiger partial charge in [-0.3, -0.25) is 4.79 Å². The maximum absolute atomic E-state index is 12.8. The minimum absolute atomic E-state index is 0.147. The minimum atomic E-state index is -3.54. The summed E-state index contributed by atoms with van der Waals surface area (Å²) in [4.78, 5) is 12.1. The number of anilines is 1. The van der Waals surface area contributed by atoms with Crippen molar-refractivity contribution in [1.29, 1.82) is 0 Å². The fourth-order valence-electron chi connectivity index (χ4n) is 2.74. The van der Waals surface area contributed by atoms with Crippen LogP contribution in [0.15, 0.2) is 23.1 Å². The van der Waals surface area contributed by atoms with Crippen molar-refractivity contribution in [1.82, 2.24) is 4.31 Å². The van der Waals surface area contributed by atoms with E-state index in [1.165, 1.54) is 10.4 Å². The van der Waals surface area contributed by atoms with Crippen molar-refractivity contribution in [3.8, 4) is 5.75 Å². The molecular formula is C17H26N2O4S. The second-order valence-corrected chi connectivity index (χ2v) is 7.79. The molecule has 0 atom stereocenters. The van der Waals surface area contributed by atoms with E-state index >= 15 is 0 Å². The first kappa shape index (κ1) is 18.7. The number of ether oxygens (including phenoxy) is 1. The molecule has 6 nitrogen and oxygen atoms in total. The average Bonchev–Trinajstić information content (AvgIpc) is 2.57. The molecule has 1 N–H and O–H groups in total. The highest BCUT2D eigenvalue weighted by molar-refractivity contribution is 7.89. The van der Waals surface area contributed by atoms with Crippen molar-refractivity contribution in [2.75, 3.05) is 25.0 Å². The number of carbonyl (C=O) groups is 1. The Labute approximate surface area is 144 Å². The molecule has 1 aliphatic heterocycles. The number of hydrogen-bond acceptors (Lipinski definition) is 4. The summed E-state index contributed by atoms with van der Waals surface area (Å²) in [7, 11) is -3.54. The molecule has 2 rings (SSSR count). The summed E-state index contributed by atoms with van der Waals surface area (Å²) in [5.74, 6) is 0.338. The van der Waals surface area contributed by atoms with Crippen LogP contribution >= 0.6 is 0 Å². The topological polar surface area (TPSA) is 75.7 Å². The van der Waals surface area contributed by atoms with Crippen molar-refractivity contribution >= 4 is 21.6 Å². The average molecular weight is 354 g/mol. The monoisotopic (exact) mass is 354 g/mol. The molecule has 1 fully saturated rings. The highest BCUT2D eigenvalue weighted by Gasteiger charge is 2.26. The summed E-state index contributed by atoms with van der Waals surface area (Å²) < 4.78 is 32.6. The van der Waals surface area contributed by atoms with Gasteiger partial charge in [-0.05, 0) is 44.4 Å². The van der Waals surface area contributed by atoms with Gasteiger partial charge in [0.05, 0.1) is 17.2 Å². The molecule has 24 heavy (non-hydrogen) atoms. The maximum atomic E-state index is 12.8. The molecule has 0 bridgehead atoms. The molecular weight excluding hydrogens is 328 g/mol. The smallest absolute Gasteiger partial charge is 0.243 e. The highest BCUT2D eigenvalue weighted by atomic mass is 32.2. The molecule has 1 aromatic carbocycles. The minimum Gasteiger partial charge on any atom is -0.492 e. The van der Waals surface area contributed by atoms with E-state index in [2.05, 4.69) is 5.32 Å². The molecule has 7 heteroatoms. The van der Waals surface area contributed by atoms with Crippen LogP contribution in [0.3, 0.4) is 0 Å². The lowest BCUT2D eigenvalue weighted by molar-refractivity contribution is -0.116. The Morgan fingerprint density at radius 1 is 1.21 bits per heavy atom. The van der Waals surface area contributed by atoms with Crippen molar-refractivity contribution in [3.63, 3.8) is 0 Å². The quantitative estimate of drug-likeness (QED) is 0.817. The third kappa shape index (κ3) is 4.48. The second-order valence-electron chi connectivity index (χ2n) is 5.85. The van der Waals surface area contributed by atoms with Crippen LogP contribution in [0.1, 0.15) is 46.0 Å². The van der Waals surface area contributed by atoms with Gasteiger partial charge in [0.15, 0.2) is 0 Å². The number of carbonyl (C=O) groups excluding carboxylic acids is 1. The van der Waals surface area contributed by atoms with E-state index in [9.17, 15) is 13.2 Å². The number of piperidine rings is 1. The summed E-state index contributed by atoms with van der Waals surface area (Å²) in [6.45, 7) is 5.30. The second kappa shape index (κ2) is 8.48. The van der Waals surface area contributed by atoms with Crippen LogP contribution in [0, 0.1) is 0 Å².